The molecule has 1 amide bonds. The average molecular weight is 340 g/mol. The van der Waals surface area contributed by atoms with Crippen LogP contribution in [0.2, 0.25) is 5.02 Å². The lowest BCUT2D eigenvalue weighted by molar-refractivity contribution is -0.121. The van der Waals surface area contributed by atoms with Gasteiger partial charge in [-0.1, -0.05) is 25.4 Å². The molecule has 126 valence electrons. The second-order valence-corrected chi connectivity index (χ2v) is 6.17. The number of carbonyl (C=O) groups excluding carboxylic acids is 1. The molecule has 1 atom stereocenters. The van der Waals surface area contributed by atoms with Gasteiger partial charge in [0.05, 0.1) is 10.7 Å². The third kappa shape index (κ3) is 5.49. The summed E-state index contributed by atoms with van der Waals surface area (Å²) in [6.07, 6.45) is 0.400. The van der Waals surface area contributed by atoms with Crippen molar-refractivity contribution in [2.75, 3.05) is 13.2 Å². The Kier molecular flexibility index (Phi) is 6.38. The minimum absolute atomic E-state index is 0.0798. The van der Waals surface area contributed by atoms with Gasteiger partial charge in [-0.2, -0.15) is 5.10 Å². The molecule has 23 heavy (non-hydrogen) atoms. The van der Waals surface area contributed by atoms with Crippen molar-refractivity contribution in [2.45, 2.75) is 38.8 Å². The maximum atomic E-state index is 11.1. The maximum absolute atomic E-state index is 11.1. The van der Waals surface area contributed by atoms with E-state index < -0.39 is 6.10 Å². The van der Waals surface area contributed by atoms with E-state index in [0.717, 1.165) is 11.3 Å². The molecule has 1 aliphatic rings. The number of rotatable bonds is 7. The van der Waals surface area contributed by atoms with Gasteiger partial charge >= 0.3 is 0 Å². The van der Waals surface area contributed by atoms with Gasteiger partial charge in [0.15, 0.2) is 0 Å². The summed E-state index contributed by atoms with van der Waals surface area (Å²) in [5, 5.41) is 17.5. The zero-order valence-corrected chi connectivity index (χ0v) is 14.1. The van der Waals surface area contributed by atoms with Crippen LogP contribution in [0.4, 0.5) is 0 Å². The molecule has 0 saturated heterocycles. The number of hydrogen-bond donors (Lipinski definition) is 3. The molecule has 0 spiro atoms. The van der Waals surface area contributed by atoms with E-state index in [9.17, 15) is 9.90 Å². The second kappa shape index (κ2) is 8.29. The zero-order chi connectivity index (χ0) is 16.8. The van der Waals surface area contributed by atoms with E-state index in [4.69, 9.17) is 16.3 Å². The van der Waals surface area contributed by atoms with E-state index in [-0.39, 0.29) is 12.5 Å². The van der Waals surface area contributed by atoms with Crippen LogP contribution in [0, 0.1) is 0 Å². The molecule has 1 aromatic rings. The fourth-order valence-corrected chi connectivity index (χ4v) is 2.33. The number of ether oxygens (including phenoxy) is 1. The van der Waals surface area contributed by atoms with Gasteiger partial charge in [0, 0.05) is 25.4 Å². The summed E-state index contributed by atoms with van der Waals surface area (Å²) >= 11 is 6.22. The number of hydrazone groups is 1. The number of amides is 1. The Labute approximate surface area is 140 Å². The van der Waals surface area contributed by atoms with Crippen molar-refractivity contribution in [2.24, 2.45) is 5.10 Å². The largest absolute Gasteiger partial charge is 0.489 e. The third-order valence-electron chi connectivity index (χ3n) is 3.36. The molecule has 0 aliphatic carbocycles. The van der Waals surface area contributed by atoms with Crippen molar-refractivity contribution < 1.29 is 14.6 Å². The van der Waals surface area contributed by atoms with E-state index in [0.29, 0.717) is 36.2 Å². The van der Waals surface area contributed by atoms with E-state index in [1.165, 1.54) is 0 Å². The molecule has 0 bridgehead atoms. The summed E-state index contributed by atoms with van der Waals surface area (Å²) in [4.78, 5) is 11.1. The number of aliphatic hydroxyl groups excluding tert-OH is 1. The van der Waals surface area contributed by atoms with Crippen LogP contribution in [0.15, 0.2) is 23.3 Å². The van der Waals surface area contributed by atoms with Crippen LogP contribution in [-0.4, -0.2) is 42.0 Å². The monoisotopic (exact) mass is 339 g/mol. The molecule has 3 N–H and O–H groups in total. The summed E-state index contributed by atoms with van der Waals surface area (Å²) in [5.41, 5.74) is 4.10. The number of halogens is 1. The van der Waals surface area contributed by atoms with Gasteiger partial charge in [0.1, 0.15) is 18.5 Å². The van der Waals surface area contributed by atoms with Crippen molar-refractivity contribution >= 4 is 23.2 Å². The average Bonchev–Trinajstić information content (AvgIpc) is 2.52. The van der Waals surface area contributed by atoms with Gasteiger partial charge in [-0.3, -0.25) is 4.79 Å². The first-order valence-electron chi connectivity index (χ1n) is 7.65. The minimum atomic E-state index is -0.605. The number of nitrogens with one attached hydrogen (secondary N) is 2. The Morgan fingerprint density at radius 3 is 2.83 bits per heavy atom. The lowest BCUT2D eigenvalue weighted by atomic mass is 10.0. The smallest absolute Gasteiger partial charge is 0.240 e. The van der Waals surface area contributed by atoms with E-state index >= 15 is 0 Å². The first-order chi connectivity index (χ1) is 11.0. The number of nitrogens with zero attached hydrogens (tertiary/aromatic N) is 1. The van der Waals surface area contributed by atoms with E-state index in [2.05, 4.69) is 15.8 Å². The van der Waals surface area contributed by atoms with Crippen molar-refractivity contribution in [3.8, 4) is 5.75 Å². The van der Waals surface area contributed by atoms with Crippen LogP contribution in [-0.2, 0) is 4.79 Å². The Hall–Kier alpha value is -1.63. The normalized spacial score (nSPS) is 16.0. The van der Waals surface area contributed by atoms with Crippen LogP contribution in [0.5, 0.6) is 5.75 Å². The van der Waals surface area contributed by atoms with Gasteiger partial charge in [-0.15, -0.1) is 0 Å². The lowest BCUT2D eigenvalue weighted by Gasteiger charge is -2.16. The third-order valence-corrected chi connectivity index (χ3v) is 3.66. The number of aliphatic hydroxyl groups is 1. The summed E-state index contributed by atoms with van der Waals surface area (Å²) in [5.74, 6) is 0.434. The molecule has 1 aliphatic heterocycles. The van der Waals surface area contributed by atoms with Gasteiger partial charge in [0.2, 0.25) is 5.91 Å². The Balaban J connectivity index is 1.93. The van der Waals surface area contributed by atoms with Gasteiger partial charge in [-0.05, 0) is 23.8 Å². The van der Waals surface area contributed by atoms with E-state index in [1.807, 2.05) is 19.9 Å². The molecule has 1 unspecified atom stereocenters. The van der Waals surface area contributed by atoms with Crippen molar-refractivity contribution in [3.05, 3.63) is 28.8 Å². The van der Waals surface area contributed by atoms with Gasteiger partial charge in [-0.25, -0.2) is 5.43 Å². The lowest BCUT2D eigenvalue weighted by Crippen LogP contribution is -2.35. The SMILES string of the molecule is CC(C)NCC(O)COc1ccc(C2=NNC(=O)CC2)cc1Cl. The summed E-state index contributed by atoms with van der Waals surface area (Å²) in [7, 11) is 0. The summed E-state index contributed by atoms with van der Waals surface area (Å²) in [6.45, 7) is 4.65. The molecule has 7 heteroatoms. The summed E-state index contributed by atoms with van der Waals surface area (Å²) < 4.78 is 5.56. The van der Waals surface area contributed by atoms with Crippen LogP contribution < -0.4 is 15.5 Å². The molecule has 0 saturated carbocycles. The molecule has 0 radical (unpaired) electrons. The van der Waals surface area contributed by atoms with Crippen LogP contribution >= 0.6 is 11.6 Å². The van der Waals surface area contributed by atoms with Crippen molar-refractivity contribution in [1.29, 1.82) is 0 Å². The Bertz CT molecular complexity index is 590. The van der Waals surface area contributed by atoms with Crippen LogP contribution in [0.1, 0.15) is 32.3 Å². The fraction of sp³-hybridized carbons (Fsp3) is 0.500. The minimum Gasteiger partial charge on any atom is -0.489 e. The molecule has 1 aromatic carbocycles. The first-order valence-corrected chi connectivity index (χ1v) is 8.03. The maximum Gasteiger partial charge on any atom is 0.240 e. The molecule has 0 fully saturated rings. The predicted octanol–water partition coefficient (Wildman–Crippen LogP) is 1.69. The van der Waals surface area contributed by atoms with Crippen molar-refractivity contribution in [1.82, 2.24) is 10.7 Å². The number of hydrogen-bond acceptors (Lipinski definition) is 5. The van der Waals surface area contributed by atoms with Gasteiger partial charge in [0.25, 0.3) is 0 Å². The summed E-state index contributed by atoms with van der Waals surface area (Å²) in [6, 6.07) is 5.66. The molecule has 1 heterocycles. The highest BCUT2D eigenvalue weighted by atomic mass is 35.5. The van der Waals surface area contributed by atoms with Crippen LogP contribution in [0.3, 0.4) is 0 Å². The fourth-order valence-electron chi connectivity index (χ4n) is 2.10. The van der Waals surface area contributed by atoms with Gasteiger partial charge < -0.3 is 15.2 Å². The highest BCUT2D eigenvalue weighted by molar-refractivity contribution is 6.32. The van der Waals surface area contributed by atoms with Crippen molar-refractivity contribution in [3.63, 3.8) is 0 Å². The quantitative estimate of drug-likeness (QED) is 0.706. The number of carbonyl (C=O) groups is 1. The second-order valence-electron chi connectivity index (χ2n) is 5.77. The predicted molar refractivity (Wildman–Crippen MR) is 90.0 cm³/mol. The molecular weight excluding hydrogens is 318 g/mol. The first kappa shape index (κ1) is 17.7. The number of benzene rings is 1. The molecular formula is C16H22ClN3O3. The van der Waals surface area contributed by atoms with E-state index in [1.54, 1.807) is 12.1 Å². The highest BCUT2D eigenvalue weighted by Crippen LogP contribution is 2.26. The topological polar surface area (TPSA) is 82.9 Å². The molecule has 0 aromatic heterocycles. The Morgan fingerprint density at radius 1 is 1.43 bits per heavy atom. The molecule has 2 rings (SSSR count). The standard InChI is InChI=1S/C16H22ClN3O3/c1-10(2)18-8-12(21)9-23-15-5-3-11(7-13(15)17)14-4-6-16(22)20-19-14/h3,5,7,10,12,18,21H,4,6,8-9H2,1-2H3,(H,20,22). The molecule has 6 nitrogen and oxygen atoms in total. The Morgan fingerprint density at radius 2 is 2.22 bits per heavy atom. The highest BCUT2D eigenvalue weighted by Gasteiger charge is 2.15. The van der Waals surface area contributed by atoms with Crippen LogP contribution in [0.25, 0.3) is 0 Å². The zero-order valence-electron chi connectivity index (χ0n) is 13.3.